The van der Waals surface area contributed by atoms with Crippen LogP contribution in [0.4, 0.5) is 0 Å². The number of phenolic OH excluding ortho intramolecular Hbond substituents is 1. The molecule has 13 nitrogen and oxygen atoms in total. The maximum absolute atomic E-state index is 12.7. The second-order valence-electron chi connectivity index (χ2n) is 7.50. The van der Waals surface area contributed by atoms with E-state index in [-0.39, 0.29) is 12.2 Å². The average Bonchev–Trinajstić information content (AvgIpc) is 2.71. The number of hydrogen-bond donors (Lipinski definition) is 8. The summed E-state index contributed by atoms with van der Waals surface area (Å²) in [5, 5.41) is 34.8. The van der Waals surface area contributed by atoms with Gasteiger partial charge in [-0.3, -0.25) is 24.0 Å². The summed E-state index contributed by atoms with van der Waals surface area (Å²) >= 11 is 0. The summed E-state index contributed by atoms with van der Waals surface area (Å²) in [6.45, 7) is 2.39. The van der Waals surface area contributed by atoms with Crippen molar-refractivity contribution in [3.05, 3.63) is 29.8 Å². The highest BCUT2D eigenvalue weighted by molar-refractivity contribution is 5.96. The van der Waals surface area contributed by atoms with Gasteiger partial charge in [0.15, 0.2) is 0 Å². The van der Waals surface area contributed by atoms with Gasteiger partial charge in [-0.25, -0.2) is 0 Å². The first kappa shape index (κ1) is 27.3. The van der Waals surface area contributed by atoms with E-state index in [1.54, 1.807) is 12.1 Å². The molecule has 0 radical (unpaired) electrons. The number of aromatic hydroxyl groups is 1. The van der Waals surface area contributed by atoms with Crippen LogP contribution in [-0.2, 0) is 30.4 Å². The van der Waals surface area contributed by atoms with Gasteiger partial charge in [0.05, 0.1) is 18.6 Å². The molecule has 0 bridgehead atoms. The second kappa shape index (κ2) is 12.4. The summed E-state index contributed by atoms with van der Waals surface area (Å²) in [5.74, 6) is -5.04. The zero-order valence-electron chi connectivity index (χ0n) is 18.1. The van der Waals surface area contributed by atoms with E-state index >= 15 is 0 Å². The second-order valence-corrected chi connectivity index (χ2v) is 7.50. The summed E-state index contributed by atoms with van der Waals surface area (Å²) in [7, 11) is 0. The maximum atomic E-state index is 12.7. The summed E-state index contributed by atoms with van der Waals surface area (Å²) in [6, 6.07) is 0.463. The molecule has 13 heteroatoms. The molecule has 0 aliphatic carbocycles. The molecule has 0 aromatic heterocycles. The molecule has 5 atom stereocenters. The molecule has 0 heterocycles. The largest absolute Gasteiger partial charge is 0.508 e. The predicted octanol–water partition coefficient (Wildman–Crippen LogP) is -2.92. The molecule has 10 N–H and O–H groups in total. The Bertz CT molecular complexity index is 874. The number of amides is 4. The highest BCUT2D eigenvalue weighted by Crippen LogP contribution is 2.11. The van der Waals surface area contributed by atoms with E-state index in [0.29, 0.717) is 5.56 Å². The number of aliphatic hydroxyl groups is 1. The van der Waals surface area contributed by atoms with Crippen LogP contribution < -0.4 is 27.4 Å². The summed E-state index contributed by atoms with van der Waals surface area (Å²) in [4.78, 5) is 59.6. The van der Waals surface area contributed by atoms with Crippen molar-refractivity contribution in [2.45, 2.75) is 57.0 Å². The number of aliphatic hydroxyl groups excluding tert-OH is 1. The topological polar surface area (TPSA) is 234 Å². The molecule has 0 saturated carbocycles. The molecule has 1 aromatic carbocycles. The van der Waals surface area contributed by atoms with Gasteiger partial charge in [0.2, 0.25) is 23.6 Å². The standard InChI is InChI=1S/C20H29N5O8/c1-9(20(32)33)23-18(30)14(8-15(22)28)24-19(31)16(10(2)26)25-17(29)13(21)7-11-3-5-12(27)6-4-11/h3-6,9-10,13-14,16,26-27H,7-8,21H2,1-2H3,(H2,22,28)(H,23,30)(H,24,31)(H,25,29)(H,32,33). The van der Waals surface area contributed by atoms with Crippen molar-refractivity contribution in [1.29, 1.82) is 0 Å². The molecule has 182 valence electrons. The zero-order valence-corrected chi connectivity index (χ0v) is 18.1. The molecule has 33 heavy (non-hydrogen) atoms. The van der Waals surface area contributed by atoms with E-state index in [1.165, 1.54) is 26.0 Å². The molecular formula is C20H29N5O8. The minimum absolute atomic E-state index is 0.0370. The van der Waals surface area contributed by atoms with Crippen molar-refractivity contribution in [2.24, 2.45) is 11.5 Å². The third-order valence-electron chi connectivity index (χ3n) is 4.56. The Morgan fingerprint density at radius 2 is 1.52 bits per heavy atom. The molecule has 0 saturated heterocycles. The van der Waals surface area contributed by atoms with Crippen LogP contribution in [-0.4, -0.2) is 75.2 Å². The third-order valence-corrected chi connectivity index (χ3v) is 4.56. The number of carbonyl (C=O) groups is 5. The molecular weight excluding hydrogens is 438 g/mol. The van der Waals surface area contributed by atoms with Gasteiger partial charge in [0.25, 0.3) is 0 Å². The fourth-order valence-electron chi connectivity index (χ4n) is 2.69. The number of nitrogens with one attached hydrogen (secondary N) is 3. The van der Waals surface area contributed by atoms with Gasteiger partial charge in [-0.2, -0.15) is 0 Å². The van der Waals surface area contributed by atoms with Crippen LogP contribution in [0.25, 0.3) is 0 Å². The number of carbonyl (C=O) groups excluding carboxylic acids is 4. The Labute approximate surface area is 189 Å². The smallest absolute Gasteiger partial charge is 0.325 e. The van der Waals surface area contributed by atoms with E-state index in [0.717, 1.165) is 0 Å². The van der Waals surface area contributed by atoms with Gasteiger partial charge >= 0.3 is 5.97 Å². The summed E-state index contributed by atoms with van der Waals surface area (Å²) < 4.78 is 0. The van der Waals surface area contributed by atoms with Crippen molar-refractivity contribution >= 4 is 29.6 Å². The maximum Gasteiger partial charge on any atom is 0.325 e. The van der Waals surface area contributed by atoms with Crippen LogP contribution in [0.2, 0.25) is 0 Å². The Kier molecular flexibility index (Phi) is 10.2. The Morgan fingerprint density at radius 3 is 2.00 bits per heavy atom. The molecule has 4 amide bonds. The number of carboxylic acid groups (broad SMARTS) is 1. The number of carboxylic acids is 1. The molecule has 5 unspecified atom stereocenters. The van der Waals surface area contributed by atoms with Crippen LogP contribution in [0.15, 0.2) is 24.3 Å². The average molecular weight is 467 g/mol. The Hall–Kier alpha value is -3.71. The van der Waals surface area contributed by atoms with E-state index < -0.39 is 66.3 Å². The van der Waals surface area contributed by atoms with Crippen molar-refractivity contribution in [1.82, 2.24) is 16.0 Å². The van der Waals surface area contributed by atoms with Crippen molar-refractivity contribution in [3.8, 4) is 5.75 Å². The lowest BCUT2D eigenvalue weighted by atomic mass is 10.0. The SMILES string of the molecule is CC(NC(=O)C(CC(N)=O)NC(=O)C(NC(=O)C(N)Cc1ccc(O)cc1)C(C)O)C(=O)O. The van der Waals surface area contributed by atoms with E-state index in [9.17, 15) is 34.2 Å². The normalized spacial score (nSPS) is 15.3. The monoisotopic (exact) mass is 467 g/mol. The van der Waals surface area contributed by atoms with Crippen molar-refractivity contribution < 1.29 is 39.3 Å². The zero-order chi connectivity index (χ0) is 25.3. The minimum Gasteiger partial charge on any atom is -0.508 e. The number of nitrogens with two attached hydrogens (primary N) is 2. The highest BCUT2D eigenvalue weighted by atomic mass is 16.4. The fraction of sp³-hybridized carbons (Fsp3) is 0.450. The Balaban J connectivity index is 2.87. The van der Waals surface area contributed by atoms with Gasteiger partial charge < -0.3 is 42.7 Å². The van der Waals surface area contributed by atoms with E-state index in [1.807, 2.05) is 0 Å². The quantitative estimate of drug-likeness (QED) is 0.157. The molecule has 0 fully saturated rings. The van der Waals surface area contributed by atoms with Gasteiger partial charge in [-0.1, -0.05) is 12.1 Å². The van der Waals surface area contributed by atoms with Crippen LogP contribution in [0.5, 0.6) is 5.75 Å². The first-order valence-electron chi connectivity index (χ1n) is 9.95. The highest BCUT2D eigenvalue weighted by Gasteiger charge is 2.32. The molecule has 0 spiro atoms. The molecule has 1 aromatic rings. The van der Waals surface area contributed by atoms with Crippen LogP contribution in [0.1, 0.15) is 25.8 Å². The summed E-state index contributed by atoms with van der Waals surface area (Å²) in [5.41, 5.74) is 11.6. The first-order valence-corrected chi connectivity index (χ1v) is 9.95. The number of benzene rings is 1. The van der Waals surface area contributed by atoms with Crippen LogP contribution in [0.3, 0.4) is 0 Å². The van der Waals surface area contributed by atoms with Crippen LogP contribution >= 0.6 is 0 Å². The van der Waals surface area contributed by atoms with Gasteiger partial charge in [-0.15, -0.1) is 0 Å². The lowest BCUT2D eigenvalue weighted by Gasteiger charge is -2.25. The number of primary amides is 1. The van der Waals surface area contributed by atoms with Crippen molar-refractivity contribution in [2.75, 3.05) is 0 Å². The van der Waals surface area contributed by atoms with E-state index in [2.05, 4.69) is 16.0 Å². The van der Waals surface area contributed by atoms with Gasteiger partial charge in [0.1, 0.15) is 23.9 Å². The molecule has 0 aliphatic rings. The number of aliphatic carboxylic acids is 1. The van der Waals surface area contributed by atoms with E-state index in [4.69, 9.17) is 16.6 Å². The van der Waals surface area contributed by atoms with Crippen molar-refractivity contribution in [3.63, 3.8) is 0 Å². The lowest BCUT2D eigenvalue weighted by Crippen LogP contribution is -2.60. The van der Waals surface area contributed by atoms with Gasteiger partial charge in [-0.05, 0) is 38.0 Å². The van der Waals surface area contributed by atoms with Crippen LogP contribution in [0, 0.1) is 0 Å². The number of rotatable bonds is 12. The van der Waals surface area contributed by atoms with Gasteiger partial charge in [0, 0.05) is 0 Å². The lowest BCUT2D eigenvalue weighted by molar-refractivity contribution is -0.142. The number of phenols is 1. The minimum atomic E-state index is -1.54. The third kappa shape index (κ3) is 9.13. The molecule has 1 rings (SSSR count). The number of hydrogen-bond acceptors (Lipinski definition) is 8. The predicted molar refractivity (Wildman–Crippen MR) is 114 cm³/mol. The first-order chi connectivity index (χ1) is 15.3. The fourth-order valence-corrected chi connectivity index (χ4v) is 2.69. The molecule has 0 aliphatic heterocycles. The summed E-state index contributed by atoms with van der Waals surface area (Å²) in [6.07, 6.45) is -1.99. The Morgan fingerprint density at radius 1 is 0.939 bits per heavy atom.